The van der Waals surface area contributed by atoms with Gasteiger partial charge in [0.2, 0.25) is 5.91 Å². The summed E-state index contributed by atoms with van der Waals surface area (Å²) in [7, 11) is 0. The van der Waals surface area contributed by atoms with E-state index in [0.717, 1.165) is 37.4 Å². The van der Waals surface area contributed by atoms with Gasteiger partial charge in [0.25, 0.3) is 5.91 Å². The number of aromatic nitrogens is 2. The van der Waals surface area contributed by atoms with Crippen LogP contribution < -0.4 is 9.64 Å². The number of rotatable bonds is 10. The van der Waals surface area contributed by atoms with Crippen molar-refractivity contribution in [3.63, 3.8) is 0 Å². The van der Waals surface area contributed by atoms with Crippen molar-refractivity contribution in [3.8, 4) is 5.75 Å². The van der Waals surface area contributed by atoms with Gasteiger partial charge in [0.15, 0.2) is 0 Å². The molecule has 0 spiro atoms. The van der Waals surface area contributed by atoms with E-state index in [-0.39, 0.29) is 11.8 Å². The van der Waals surface area contributed by atoms with E-state index in [4.69, 9.17) is 4.74 Å². The Morgan fingerprint density at radius 1 is 1.06 bits per heavy atom. The van der Waals surface area contributed by atoms with Gasteiger partial charge in [-0.3, -0.25) is 14.6 Å². The highest BCUT2D eigenvalue weighted by Gasteiger charge is 2.24. The van der Waals surface area contributed by atoms with Crippen molar-refractivity contribution in [3.05, 3.63) is 48.5 Å². The maximum absolute atomic E-state index is 12.9. The second-order valence-electron chi connectivity index (χ2n) is 7.75. The molecule has 3 rings (SSSR count). The van der Waals surface area contributed by atoms with E-state index >= 15 is 0 Å². The van der Waals surface area contributed by atoms with Crippen LogP contribution in [0.25, 0.3) is 0 Å². The number of ether oxygens (including phenoxy) is 1. The van der Waals surface area contributed by atoms with Gasteiger partial charge in [0.1, 0.15) is 11.4 Å². The summed E-state index contributed by atoms with van der Waals surface area (Å²) >= 11 is 0. The van der Waals surface area contributed by atoms with E-state index in [9.17, 15) is 9.59 Å². The molecule has 0 atom stereocenters. The molecule has 2 amide bonds. The zero-order chi connectivity index (χ0) is 22.8. The first-order valence-electron chi connectivity index (χ1n) is 11.4. The molecular formula is C24H33N5O3. The van der Waals surface area contributed by atoms with E-state index in [1.165, 1.54) is 12.4 Å². The SMILES string of the molecule is CCCCN(CCC(=O)N1CCN(c2ccccc2OCC)CC1)C(=O)c1cnccn1. The predicted molar refractivity (Wildman–Crippen MR) is 124 cm³/mol. The third-order valence-electron chi connectivity index (χ3n) is 5.58. The van der Waals surface area contributed by atoms with Crippen molar-refractivity contribution < 1.29 is 14.3 Å². The van der Waals surface area contributed by atoms with E-state index in [1.807, 2.05) is 30.0 Å². The normalized spacial score (nSPS) is 13.7. The van der Waals surface area contributed by atoms with Crippen LogP contribution >= 0.6 is 0 Å². The van der Waals surface area contributed by atoms with Crippen LogP contribution in [0, 0.1) is 0 Å². The molecule has 172 valence electrons. The van der Waals surface area contributed by atoms with Gasteiger partial charge in [-0.05, 0) is 25.5 Å². The number of para-hydroxylation sites is 2. The molecule has 1 aromatic carbocycles. The smallest absolute Gasteiger partial charge is 0.274 e. The summed E-state index contributed by atoms with van der Waals surface area (Å²) in [6, 6.07) is 8.02. The Balaban J connectivity index is 1.54. The molecule has 8 nitrogen and oxygen atoms in total. The van der Waals surface area contributed by atoms with Crippen LogP contribution in [0.1, 0.15) is 43.6 Å². The minimum absolute atomic E-state index is 0.0798. The summed E-state index contributed by atoms with van der Waals surface area (Å²) in [5, 5.41) is 0. The molecule has 0 unspecified atom stereocenters. The number of amides is 2. The first kappa shape index (κ1) is 23.5. The molecule has 0 N–H and O–H groups in total. The summed E-state index contributed by atoms with van der Waals surface area (Å²) in [4.78, 5) is 39.7. The zero-order valence-corrected chi connectivity index (χ0v) is 19.1. The van der Waals surface area contributed by atoms with Crippen molar-refractivity contribution in [1.29, 1.82) is 0 Å². The lowest BCUT2D eigenvalue weighted by Crippen LogP contribution is -2.49. The van der Waals surface area contributed by atoms with E-state index in [0.29, 0.717) is 44.9 Å². The standard InChI is InChI=1S/C24H33N5O3/c1-3-5-13-29(24(31)20-19-25-11-12-26-20)14-10-23(30)28-17-15-27(16-18-28)21-8-6-7-9-22(21)32-4-2/h6-9,11-12,19H,3-5,10,13-18H2,1-2H3. The minimum atomic E-state index is -0.170. The number of anilines is 1. The largest absolute Gasteiger partial charge is 0.492 e. The summed E-state index contributed by atoms with van der Waals surface area (Å²) in [5.74, 6) is 0.789. The highest BCUT2D eigenvalue weighted by atomic mass is 16.5. The van der Waals surface area contributed by atoms with Crippen molar-refractivity contribution in [1.82, 2.24) is 19.8 Å². The second kappa shape index (κ2) is 12.0. The fourth-order valence-electron chi connectivity index (χ4n) is 3.82. The first-order chi connectivity index (χ1) is 15.6. The van der Waals surface area contributed by atoms with Crippen LogP contribution in [-0.2, 0) is 4.79 Å². The molecular weight excluding hydrogens is 406 g/mol. The van der Waals surface area contributed by atoms with Crippen LogP contribution in [0.4, 0.5) is 5.69 Å². The molecule has 1 saturated heterocycles. The minimum Gasteiger partial charge on any atom is -0.492 e. The van der Waals surface area contributed by atoms with Crippen LogP contribution in [0.5, 0.6) is 5.75 Å². The molecule has 1 aromatic heterocycles. The van der Waals surface area contributed by atoms with Gasteiger partial charge in [-0.25, -0.2) is 4.98 Å². The molecule has 2 heterocycles. The summed E-state index contributed by atoms with van der Waals surface area (Å²) in [6.45, 7) is 8.52. The Bertz CT molecular complexity index is 869. The van der Waals surface area contributed by atoms with Gasteiger partial charge in [-0.2, -0.15) is 0 Å². The average Bonchev–Trinajstić information content (AvgIpc) is 2.85. The Morgan fingerprint density at radius 2 is 1.84 bits per heavy atom. The molecule has 1 aliphatic rings. The maximum atomic E-state index is 12.9. The highest BCUT2D eigenvalue weighted by Crippen LogP contribution is 2.28. The summed E-state index contributed by atoms with van der Waals surface area (Å²) in [6.07, 6.45) is 6.71. The van der Waals surface area contributed by atoms with Gasteiger partial charge in [-0.15, -0.1) is 0 Å². The molecule has 8 heteroatoms. The Hall–Kier alpha value is -3.16. The number of piperazine rings is 1. The fourth-order valence-corrected chi connectivity index (χ4v) is 3.82. The topological polar surface area (TPSA) is 78.9 Å². The van der Waals surface area contributed by atoms with Crippen molar-refractivity contribution in [2.45, 2.75) is 33.1 Å². The fraction of sp³-hybridized carbons (Fsp3) is 0.500. The monoisotopic (exact) mass is 439 g/mol. The maximum Gasteiger partial charge on any atom is 0.274 e. The van der Waals surface area contributed by atoms with Crippen molar-refractivity contribution in [2.75, 3.05) is 50.8 Å². The summed E-state index contributed by atoms with van der Waals surface area (Å²) in [5.41, 5.74) is 1.39. The quantitative estimate of drug-likeness (QED) is 0.566. The van der Waals surface area contributed by atoms with Crippen LogP contribution in [0.2, 0.25) is 0 Å². The zero-order valence-electron chi connectivity index (χ0n) is 19.1. The van der Waals surface area contributed by atoms with Crippen LogP contribution in [-0.4, -0.2) is 77.5 Å². The number of unbranched alkanes of at least 4 members (excludes halogenated alkanes) is 1. The van der Waals surface area contributed by atoms with Gasteiger partial charge in [0.05, 0.1) is 18.5 Å². The first-order valence-corrected chi connectivity index (χ1v) is 11.4. The number of nitrogens with zero attached hydrogens (tertiary/aromatic N) is 5. The lowest BCUT2D eigenvalue weighted by molar-refractivity contribution is -0.131. The number of benzene rings is 1. The van der Waals surface area contributed by atoms with Crippen LogP contribution in [0.3, 0.4) is 0 Å². The number of hydrogen-bond acceptors (Lipinski definition) is 6. The van der Waals surface area contributed by atoms with Crippen LogP contribution in [0.15, 0.2) is 42.9 Å². The number of carbonyl (C=O) groups is 2. The molecule has 1 aliphatic heterocycles. The Morgan fingerprint density at radius 3 is 2.53 bits per heavy atom. The molecule has 32 heavy (non-hydrogen) atoms. The summed E-state index contributed by atoms with van der Waals surface area (Å²) < 4.78 is 5.75. The molecule has 2 aromatic rings. The molecule has 1 fully saturated rings. The van der Waals surface area contributed by atoms with Crippen molar-refractivity contribution >= 4 is 17.5 Å². The molecule has 0 radical (unpaired) electrons. The van der Waals surface area contributed by atoms with Gasteiger partial charge in [0, 0.05) is 58.1 Å². The highest BCUT2D eigenvalue weighted by molar-refractivity contribution is 5.92. The van der Waals surface area contributed by atoms with Gasteiger partial charge < -0.3 is 19.4 Å². The Labute approximate surface area is 190 Å². The third kappa shape index (κ3) is 6.18. The van der Waals surface area contributed by atoms with Gasteiger partial charge in [-0.1, -0.05) is 25.5 Å². The van der Waals surface area contributed by atoms with Gasteiger partial charge >= 0.3 is 0 Å². The Kier molecular flexibility index (Phi) is 8.83. The van der Waals surface area contributed by atoms with E-state index in [1.54, 1.807) is 11.1 Å². The lowest BCUT2D eigenvalue weighted by atomic mass is 10.2. The molecule has 0 saturated carbocycles. The predicted octanol–water partition coefficient (Wildman–Crippen LogP) is 2.86. The molecule has 0 aliphatic carbocycles. The molecule has 0 bridgehead atoms. The van der Waals surface area contributed by atoms with E-state index < -0.39 is 0 Å². The number of carbonyl (C=O) groups excluding carboxylic acids is 2. The second-order valence-corrected chi connectivity index (χ2v) is 7.75. The number of hydrogen-bond donors (Lipinski definition) is 0. The lowest BCUT2D eigenvalue weighted by Gasteiger charge is -2.37. The average molecular weight is 440 g/mol. The van der Waals surface area contributed by atoms with E-state index in [2.05, 4.69) is 27.9 Å². The van der Waals surface area contributed by atoms with Crippen molar-refractivity contribution in [2.24, 2.45) is 0 Å². The third-order valence-corrected chi connectivity index (χ3v) is 5.58.